The molecule has 0 heterocycles. The number of phenolic OH excluding ortho intramolecular Hbond substituents is 1. The van der Waals surface area contributed by atoms with E-state index < -0.39 is 0 Å². The molecule has 0 aromatic heterocycles. The summed E-state index contributed by atoms with van der Waals surface area (Å²) < 4.78 is 0. The number of nitrogens with zero attached hydrogens (tertiary/aromatic N) is 1. The van der Waals surface area contributed by atoms with Crippen LogP contribution in [0.2, 0.25) is 0 Å². The second kappa shape index (κ2) is 8.64. The van der Waals surface area contributed by atoms with Crippen LogP contribution in [0.1, 0.15) is 33.2 Å². The van der Waals surface area contributed by atoms with E-state index in [0.717, 1.165) is 0 Å². The van der Waals surface area contributed by atoms with Crippen LogP contribution in [0.15, 0.2) is 84.0 Å². The minimum absolute atomic E-state index is 0.131. The monoisotopic (exact) mass is 373 g/mol. The molecule has 0 bridgehead atoms. The number of carbonyl (C=O) groups excluding carboxylic acids is 2. The number of benzene rings is 3. The van der Waals surface area contributed by atoms with Gasteiger partial charge in [-0.2, -0.15) is 5.10 Å². The Balaban J connectivity index is 1.62. The summed E-state index contributed by atoms with van der Waals surface area (Å²) in [6, 6.07) is 22.0. The van der Waals surface area contributed by atoms with E-state index in [1.54, 1.807) is 79.7 Å². The molecule has 28 heavy (non-hydrogen) atoms. The number of phenols is 1. The number of hydrazone groups is 1. The Labute approximate surface area is 162 Å². The van der Waals surface area contributed by atoms with E-state index in [2.05, 4.69) is 15.8 Å². The van der Waals surface area contributed by atoms with Crippen LogP contribution in [-0.2, 0) is 0 Å². The standard InChI is InChI=1S/C22H19N3O3/c1-15(18-8-5-9-20(26)14-18)24-25-22(28)17-10-12-19(13-11-17)23-21(27)16-6-3-2-4-7-16/h2-14,26H,1H3,(H,23,27)(H,25,28)/b24-15-. The lowest BCUT2D eigenvalue weighted by molar-refractivity contribution is 0.0954. The molecule has 0 fully saturated rings. The van der Waals surface area contributed by atoms with Crippen molar-refractivity contribution in [3.8, 4) is 5.75 Å². The van der Waals surface area contributed by atoms with Gasteiger partial charge in [-0.15, -0.1) is 0 Å². The number of amides is 2. The van der Waals surface area contributed by atoms with Crippen molar-refractivity contribution in [1.82, 2.24) is 5.43 Å². The minimum Gasteiger partial charge on any atom is -0.508 e. The van der Waals surface area contributed by atoms with Gasteiger partial charge in [0.1, 0.15) is 5.75 Å². The molecule has 0 unspecified atom stereocenters. The predicted molar refractivity (Wildman–Crippen MR) is 109 cm³/mol. The first-order valence-electron chi connectivity index (χ1n) is 8.63. The van der Waals surface area contributed by atoms with Crippen molar-refractivity contribution >= 4 is 23.2 Å². The minimum atomic E-state index is -0.375. The zero-order valence-corrected chi connectivity index (χ0v) is 15.2. The van der Waals surface area contributed by atoms with Crippen LogP contribution in [-0.4, -0.2) is 22.6 Å². The SMILES string of the molecule is C/C(=N/NC(=O)c1ccc(NC(=O)c2ccccc2)cc1)c1cccc(O)c1. The summed E-state index contributed by atoms with van der Waals surface area (Å²) >= 11 is 0. The molecule has 6 nitrogen and oxygen atoms in total. The maximum Gasteiger partial charge on any atom is 0.271 e. The lowest BCUT2D eigenvalue weighted by atomic mass is 10.1. The first-order valence-corrected chi connectivity index (χ1v) is 8.63. The number of hydrogen-bond donors (Lipinski definition) is 3. The van der Waals surface area contributed by atoms with E-state index in [4.69, 9.17) is 0 Å². The van der Waals surface area contributed by atoms with Crippen LogP contribution in [0.5, 0.6) is 5.75 Å². The van der Waals surface area contributed by atoms with Crippen LogP contribution >= 0.6 is 0 Å². The van der Waals surface area contributed by atoms with Crippen molar-refractivity contribution in [3.63, 3.8) is 0 Å². The molecule has 3 N–H and O–H groups in total. The van der Waals surface area contributed by atoms with Gasteiger partial charge in [0, 0.05) is 22.4 Å². The number of rotatable bonds is 5. The highest BCUT2D eigenvalue weighted by Crippen LogP contribution is 2.13. The Morgan fingerprint density at radius 2 is 1.43 bits per heavy atom. The summed E-state index contributed by atoms with van der Waals surface area (Å²) in [6.07, 6.45) is 0. The van der Waals surface area contributed by atoms with Crippen molar-refractivity contribution in [3.05, 3.63) is 95.6 Å². The zero-order chi connectivity index (χ0) is 19.9. The summed E-state index contributed by atoms with van der Waals surface area (Å²) in [5.41, 5.74) is 5.31. The first kappa shape index (κ1) is 18.8. The van der Waals surface area contributed by atoms with Gasteiger partial charge in [0.25, 0.3) is 11.8 Å². The van der Waals surface area contributed by atoms with E-state index in [0.29, 0.717) is 28.1 Å². The van der Waals surface area contributed by atoms with Crippen LogP contribution in [0.25, 0.3) is 0 Å². The average Bonchev–Trinajstić information content (AvgIpc) is 2.73. The third kappa shape index (κ3) is 4.82. The molecule has 6 heteroatoms. The third-order valence-electron chi connectivity index (χ3n) is 4.03. The normalized spacial score (nSPS) is 11.0. The van der Waals surface area contributed by atoms with Gasteiger partial charge in [0.05, 0.1) is 5.71 Å². The summed E-state index contributed by atoms with van der Waals surface area (Å²) in [5.74, 6) is -0.462. The van der Waals surface area contributed by atoms with Crippen molar-refractivity contribution in [2.45, 2.75) is 6.92 Å². The fourth-order valence-electron chi connectivity index (χ4n) is 2.49. The van der Waals surface area contributed by atoms with E-state index in [-0.39, 0.29) is 17.6 Å². The lowest BCUT2D eigenvalue weighted by Crippen LogP contribution is -2.19. The van der Waals surface area contributed by atoms with E-state index in [1.807, 2.05) is 6.07 Å². The highest BCUT2D eigenvalue weighted by molar-refractivity contribution is 6.04. The third-order valence-corrected chi connectivity index (χ3v) is 4.03. The highest BCUT2D eigenvalue weighted by atomic mass is 16.3. The van der Waals surface area contributed by atoms with E-state index >= 15 is 0 Å². The molecule has 3 rings (SSSR count). The molecule has 0 saturated heterocycles. The number of aromatic hydroxyl groups is 1. The summed E-state index contributed by atoms with van der Waals surface area (Å²) in [5, 5.41) is 16.3. The van der Waals surface area contributed by atoms with Gasteiger partial charge in [-0.1, -0.05) is 30.3 Å². The fourth-order valence-corrected chi connectivity index (χ4v) is 2.49. The van der Waals surface area contributed by atoms with Crippen LogP contribution < -0.4 is 10.7 Å². The smallest absolute Gasteiger partial charge is 0.271 e. The predicted octanol–water partition coefficient (Wildman–Crippen LogP) is 3.80. The molecular formula is C22H19N3O3. The quantitative estimate of drug-likeness (QED) is 0.469. The molecule has 0 saturated carbocycles. The maximum atomic E-state index is 12.2. The lowest BCUT2D eigenvalue weighted by Gasteiger charge is -2.07. The second-order valence-corrected chi connectivity index (χ2v) is 6.09. The first-order chi connectivity index (χ1) is 13.5. The Bertz CT molecular complexity index is 1010. The summed E-state index contributed by atoms with van der Waals surface area (Å²) in [6.45, 7) is 1.73. The second-order valence-electron chi connectivity index (χ2n) is 6.09. The van der Waals surface area contributed by atoms with E-state index in [9.17, 15) is 14.7 Å². The molecule has 0 aliphatic carbocycles. The zero-order valence-electron chi connectivity index (χ0n) is 15.2. The molecule has 2 amide bonds. The topological polar surface area (TPSA) is 90.8 Å². The Kier molecular flexibility index (Phi) is 5.81. The molecule has 0 aliphatic rings. The molecule has 3 aromatic rings. The van der Waals surface area contributed by atoms with Crippen LogP contribution in [0, 0.1) is 0 Å². The number of anilines is 1. The van der Waals surface area contributed by atoms with Crippen molar-refractivity contribution < 1.29 is 14.7 Å². The van der Waals surface area contributed by atoms with Crippen LogP contribution in [0.4, 0.5) is 5.69 Å². The number of hydrogen-bond acceptors (Lipinski definition) is 4. The molecular weight excluding hydrogens is 354 g/mol. The van der Waals surface area contributed by atoms with Gasteiger partial charge in [-0.05, 0) is 55.5 Å². The Morgan fingerprint density at radius 1 is 0.786 bits per heavy atom. The molecule has 0 spiro atoms. The molecule has 140 valence electrons. The largest absolute Gasteiger partial charge is 0.508 e. The molecule has 0 radical (unpaired) electrons. The molecule has 3 aromatic carbocycles. The van der Waals surface area contributed by atoms with Crippen molar-refractivity contribution in [1.29, 1.82) is 0 Å². The van der Waals surface area contributed by atoms with Crippen LogP contribution in [0.3, 0.4) is 0 Å². The summed E-state index contributed by atoms with van der Waals surface area (Å²) in [4.78, 5) is 24.4. The number of nitrogens with one attached hydrogen (secondary N) is 2. The van der Waals surface area contributed by atoms with Gasteiger partial charge < -0.3 is 10.4 Å². The fraction of sp³-hybridized carbons (Fsp3) is 0.0455. The average molecular weight is 373 g/mol. The Hall–Kier alpha value is -3.93. The van der Waals surface area contributed by atoms with Crippen molar-refractivity contribution in [2.24, 2.45) is 5.10 Å². The van der Waals surface area contributed by atoms with Gasteiger partial charge in [0.2, 0.25) is 0 Å². The van der Waals surface area contributed by atoms with Gasteiger partial charge >= 0.3 is 0 Å². The van der Waals surface area contributed by atoms with Gasteiger partial charge in [-0.25, -0.2) is 5.43 Å². The summed E-state index contributed by atoms with van der Waals surface area (Å²) in [7, 11) is 0. The highest BCUT2D eigenvalue weighted by Gasteiger charge is 2.08. The maximum absolute atomic E-state index is 12.2. The van der Waals surface area contributed by atoms with E-state index in [1.165, 1.54) is 0 Å². The van der Waals surface area contributed by atoms with Gasteiger partial charge in [0.15, 0.2) is 0 Å². The molecule has 0 aliphatic heterocycles. The molecule has 0 atom stereocenters. The Morgan fingerprint density at radius 3 is 2.11 bits per heavy atom. The van der Waals surface area contributed by atoms with Gasteiger partial charge in [-0.3, -0.25) is 9.59 Å². The van der Waals surface area contributed by atoms with Crippen molar-refractivity contribution in [2.75, 3.05) is 5.32 Å². The number of carbonyl (C=O) groups is 2.